The van der Waals surface area contributed by atoms with Crippen molar-refractivity contribution < 1.29 is 60.6 Å². The van der Waals surface area contributed by atoms with Crippen LogP contribution in [0.4, 0.5) is 35.2 Å². The molecule has 4 aromatic rings. The zero-order chi connectivity index (χ0) is 46.3. The Morgan fingerprint density at radius 1 is 0.938 bits per heavy atom. The van der Waals surface area contributed by atoms with E-state index >= 15 is 0 Å². The smallest absolute Gasteiger partial charge is 0.405 e. The summed E-state index contributed by atoms with van der Waals surface area (Å²) in [7, 11) is 0. The third-order valence-corrected chi connectivity index (χ3v) is 10.5. The lowest BCUT2D eigenvalue weighted by molar-refractivity contribution is -0.136. The molecule has 3 aliphatic heterocycles. The molecule has 1 aromatic carbocycles. The predicted molar refractivity (Wildman–Crippen MR) is 219 cm³/mol. The number of halogens is 3. The molecule has 0 spiro atoms. The Morgan fingerprint density at radius 2 is 1.69 bits per heavy atom. The van der Waals surface area contributed by atoms with E-state index < -0.39 is 54.2 Å². The Hall–Kier alpha value is -7.41. The molecule has 0 saturated carbocycles. The summed E-state index contributed by atoms with van der Waals surface area (Å²) in [6, 6.07) is 5.92. The van der Waals surface area contributed by atoms with Crippen LogP contribution in [0.5, 0.6) is 0 Å². The second-order valence-electron chi connectivity index (χ2n) is 14.9. The van der Waals surface area contributed by atoms with Crippen molar-refractivity contribution >= 4 is 58.7 Å². The number of benzene rings is 1. The maximum absolute atomic E-state index is 13.2. The second-order valence-corrected chi connectivity index (χ2v) is 14.9. The maximum Gasteiger partial charge on any atom is 0.405 e. The van der Waals surface area contributed by atoms with Crippen LogP contribution in [-0.2, 0) is 19.1 Å². The number of oxazole rings is 1. The number of likely N-dealkylation sites (tertiary alicyclic amines) is 1. The molecular weight excluding hydrogens is 866 g/mol. The number of urea groups is 1. The molecule has 7 rings (SSSR count). The third-order valence-electron chi connectivity index (χ3n) is 10.5. The fourth-order valence-corrected chi connectivity index (χ4v) is 7.32. The van der Waals surface area contributed by atoms with Crippen molar-refractivity contribution in [3.05, 3.63) is 71.5 Å². The maximum atomic E-state index is 13.2. The molecule has 1 unspecified atom stereocenters. The average molecular weight is 909 g/mol. The lowest BCUT2D eigenvalue weighted by Crippen LogP contribution is -2.54. The second kappa shape index (κ2) is 20.0. The Kier molecular flexibility index (Phi) is 14.0. The number of carbonyl (C=O) groups excluding carboxylic acids is 7. The fraction of sp³-hybridized carbons (Fsp3) is 0.400. The number of carbonyl (C=O) groups is 7. The van der Waals surface area contributed by atoms with Crippen molar-refractivity contribution in [1.29, 1.82) is 0 Å². The number of pyridine rings is 1. The van der Waals surface area contributed by atoms with E-state index in [-0.39, 0.29) is 103 Å². The third kappa shape index (κ3) is 11.0. The van der Waals surface area contributed by atoms with Gasteiger partial charge in [-0.1, -0.05) is 6.07 Å². The van der Waals surface area contributed by atoms with Crippen LogP contribution in [0.3, 0.4) is 0 Å². The number of nitrogens with zero attached hydrogens (tertiary/aromatic N) is 6. The van der Waals surface area contributed by atoms with Crippen LogP contribution in [0.2, 0.25) is 0 Å². The van der Waals surface area contributed by atoms with Gasteiger partial charge >= 0.3 is 12.2 Å². The summed E-state index contributed by atoms with van der Waals surface area (Å²) in [5, 5.41) is 17.1. The predicted octanol–water partition coefficient (Wildman–Crippen LogP) is 2.15. The molecule has 2 saturated heterocycles. The van der Waals surface area contributed by atoms with Crippen LogP contribution < -0.4 is 32.3 Å². The molecule has 0 aliphatic carbocycles. The first-order valence-corrected chi connectivity index (χ1v) is 20.4. The minimum Gasteiger partial charge on any atom is -0.444 e. The molecule has 344 valence electrons. The highest BCUT2D eigenvalue weighted by Gasteiger charge is 2.45. The van der Waals surface area contributed by atoms with Crippen LogP contribution in [0, 0.1) is 0 Å². The van der Waals surface area contributed by atoms with Gasteiger partial charge in [-0.05, 0) is 43.5 Å². The van der Waals surface area contributed by atoms with E-state index in [1.165, 1.54) is 35.3 Å². The van der Waals surface area contributed by atoms with E-state index in [2.05, 4.69) is 41.7 Å². The highest BCUT2D eigenvalue weighted by Crippen LogP contribution is 2.33. The summed E-state index contributed by atoms with van der Waals surface area (Å²) < 4.78 is 55.9. The summed E-state index contributed by atoms with van der Waals surface area (Å²) in [6.45, 7) is 0.934. The highest BCUT2D eigenvalue weighted by atomic mass is 19.4. The number of nitrogens with one attached hydrogen (secondary N) is 5. The van der Waals surface area contributed by atoms with Crippen LogP contribution in [0.1, 0.15) is 73.4 Å². The first-order chi connectivity index (χ1) is 31.2. The van der Waals surface area contributed by atoms with Crippen LogP contribution in [0.25, 0.3) is 11.5 Å². The van der Waals surface area contributed by atoms with E-state index in [1.807, 2.05) is 0 Å². The Bertz CT molecular complexity index is 2470. The number of imide groups is 2. The van der Waals surface area contributed by atoms with Crippen molar-refractivity contribution in [1.82, 2.24) is 40.2 Å². The van der Waals surface area contributed by atoms with Gasteiger partial charge in [-0.15, -0.1) is 0 Å². The number of piperidine rings is 2. The Morgan fingerprint density at radius 3 is 2.42 bits per heavy atom. The zero-order valence-electron chi connectivity index (χ0n) is 34.4. The van der Waals surface area contributed by atoms with Gasteiger partial charge in [-0.25, -0.2) is 14.8 Å². The minimum atomic E-state index is -4.46. The molecule has 0 radical (unpaired) electrons. The van der Waals surface area contributed by atoms with Crippen molar-refractivity contribution in [2.45, 2.75) is 43.9 Å². The van der Waals surface area contributed by atoms with E-state index in [4.69, 9.17) is 19.6 Å². The van der Waals surface area contributed by atoms with Crippen molar-refractivity contribution in [3.8, 4) is 11.5 Å². The monoisotopic (exact) mass is 908 g/mol. The topological polar surface area (TPSA) is 287 Å². The van der Waals surface area contributed by atoms with Gasteiger partial charge in [-0.2, -0.15) is 18.3 Å². The molecule has 3 aliphatic rings. The van der Waals surface area contributed by atoms with Gasteiger partial charge in [0.2, 0.25) is 17.7 Å². The molecule has 6 heterocycles. The summed E-state index contributed by atoms with van der Waals surface area (Å²) in [5.74, 6) is -4.15. The molecule has 0 bridgehead atoms. The number of hydrogen-bond donors (Lipinski definition) is 6. The van der Waals surface area contributed by atoms with Gasteiger partial charge in [0.25, 0.3) is 23.6 Å². The SMILES string of the molecule is NC(=O)c1nn(C2CCN(C(=O)NCCOCCOCCNc3cccc4c3C(=O)N(C3CCC(=O)NC3=O)C4=O)CC2)cc1NC(=O)c1coc(-c2ccnc(NCC(F)(F)F)c2)n1. The van der Waals surface area contributed by atoms with Gasteiger partial charge < -0.3 is 45.8 Å². The number of fused-ring (bicyclic) bond motifs is 1. The Labute approximate surface area is 366 Å². The summed E-state index contributed by atoms with van der Waals surface area (Å²) in [4.78, 5) is 98.9. The summed E-state index contributed by atoms with van der Waals surface area (Å²) in [5.41, 5.74) is 6.18. The number of nitrogens with two attached hydrogens (primary N) is 1. The number of anilines is 3. The Balaban J connectivity index is 0.785. The molecule has 1 atom stereocenters. The van der Waals surface area contributed by atoms with Crippen LogP contribution in [0.15, 0.2) is 53.4 Å². The number of primary amides is 1. The normalized spacial score (nSPS) is 16.6. The van der Waals surface area contributed by atoms with Gasteiger partial charge in [0.15, 0.2) is 11.4 Å². The number of aromatic nitrogens is 4. The van der Waals surface area contributed by atoms with Crippen LogP contribution >= 0.6 is 0 Å². The number of rotatable bonds is 18. The molecule has 22 nitrogen and oxygen atoms in total. The number of alkyl halides is 3. The quantitative estimate of drug-likeness (QED) is 0.0616. The summed E-state index contributed by atoms with van der Waals surface area (Å²) in [6.07, 6.45) is 0.332. The van der Waals surface area contributed by atoms with E-state index in [1.54, 1.807) is 17.0 Å². The number of amides is 8. The lowest BCUT2D eigenvalue weighted by Gasteiger charge is -2.32. The molecule has 25 heteroatoms. The van der Waals surface area contributed by atoms with E-state index in [0.717, 1.165) is 11.2 Å². The van der Waals surface area contributed by atoms with Crippen molar-refractivity contribution in [2.24, 2.45) is 5.73 Å². The number of hydrogen-bond acceptors (Lipinski definition) is 15. The van der Waals surface area contributed by atoms with E-state index in [9.17, 15) is 46.7 Å². The molecule has 65 heavy (non-hydrogen) atoms. The van der Waals surface area contributed by atoms with Gasteiger partial charge in [0.05, 0.1) is 49.3 Å². The molecule has 8 amide bonds. The van der Waals surface area contributed by atoms with Crippen LogP contribution in [-0.4, -0.2) is 142 Å². The fourth-order valence-electron chi connectivity index (χ4n) is 7.32. The van der Waals surface area contributed by atoms with Gasteiger partial charge in [0.1, 0.15) is 24.7 Å². The van der Waals surface area contributed by atoms with Gasteiger partial charge in [0, 0.05) is 56.2 Å². The van der Waals surface area contributed by atoms with E-state index in [0.29, 0.717) is 38.2 Å². The molecule has 3 aromatic heterocycles. The average Bonchev–Trinajstić information content (AvgIpc) is 4.01. The highest BCUT2D eigenvalue weighted by molar-refractivity contribution is 6.25. The lowest BCUT2D eigenvalue weighted by atomic mass is 10.0. The molecule has 2 fully saturated rings. The number of ether oxygens (including phenoxy) is 2. The molecule has 7 N–H and O–H groups in total. The zero-order valence-corrected chi connectivity index (χ0v) is 34.4. The van der Waals surface area contributed by atoms with Crippen molar-refractivity contribution in [2.75, 3.05) is 75.1 Å². The summed E-state index contributed by atoms with van der Waals surface area (Å²) >= 11 is 0. The minimum absolute atomic E-state index is 0.0185. The largest absolute Gasteiger partial charge is 0.444 e. The van der Waals surface area contributed by atoms with Gasteiger partial charge in [-0.3, -0.25) is 43.7 Å². The first kappa shape index (κ1) is 45.6. The first-order valence-electron chi connectivity index (χ1n) is 20.4. The molecular formula is C40H43F3N12O10. The van der Waals surface area contributed by atoms with Crippen molar-refractivity contribution in [3.63, 3.8) is 0 Å². The standard InChI is InChI=1S/C40H43F3N12O10/c41-40(42,43)21-48-29-18-22(6-9-46-29)36-50-27(20-65-36)34(58)49-26-19-54(52-32(26)33(44)57)23-7-12-53(13-8-23)39(62)47-11-15-64-17-16-63-14-10-45-25-3-1-2-24-31(25)38(61)55(37(24)60)28-4-5-30(56)51-35(28)59/h1-3,6,9,18-20,23,28,45H,4-5,7-8,10-17,21H2,(H2,44,57)(H,46,48)(H,47,62)(H,49,58)(H,51,56,59).